The van der Waals surface area contributed by atoms with Gasteiger partial charge in [-0.3, -0.25) is 29.6 Å². The van der Waals surface area contributed by atoms with E-state index in [9.17, 15) is 14.4 Å². The SMILES string of the molecule is O=C1CCC(N2Cc3cc(OC[C@H]4CCCCN4Cc4ccc5ccccc5n4)ccc3C2=O)C(=O)N1. The Labute approximate surface area is 215 Å². The molecule has 3 amide bonds. The Hall–Kier alpha value is -3.78. The van der Waals surface area contributed by atoms with Crippen LogP contribution in [0.4, 0.5) is 0 Å². The summed E-state index contributed by atoms with van der Waals surface area (Å²) in [5.41, 5.74) is 3.53. The molecule has 8 heteroatoms. The number of pyridine rings is 1. The fourth-order valence-electron chi connectivity index (χ4n) is 5.69. The first-order valence-corrected chi connectivity index (χ1v) is 13.0. The third kappa shape index (κ3) is 4.81. The number of hydrogen-bond acceptors (Lipinski definition) is 6. The van der Waals surface area contributed by atoms with Crippen LogP contribution in [-0.2, 0) is 22.7 Å². The number of rotatable bonds is 6. The van der Waals surface area contributed by atoms with Gasteiger partial charge in [-0.15, -0.1) is 0 Å². The maximum atomic E-state index is 12.9. The van der Waals surface area contributed by atoms with E-state index in [2.05, 4.69) is 34.5 Å². The van der Waals surface area contributed by atoms with Crippen molar-refractivity contribution in [1.82, 2.24) is 20.1 Å². The van der Waals surface area contributed by atoms with Crippen molar-refractivity contribution in [1.29, 1.82) is 0 Å². The van der Waals surface area contributed by atoms with E-state index in [1.807, 2.05) is 24.3 Å². The number of piperidine rings is 2. The summed E-state index contributed by atoms with van der Waals surface area (Å²) in [5.74, 6) is -0.121. The summed E-state index contributed by atoms with van der Waals surface area (Å²) in [6.45, 7) is 2.72. The van der Waals surface area contributed by atoms with E-state index in [0.717, 1.165) is 47.4 Å². The summed E-state index contributed by atoms with van der Waals surface area (Å²) >= 11 is 0. The number of imide groups is 1. The molecular weight excluding hydrogens is 468 g/mol. The predicted octanol–water partition coefficient (Wildman–Crippen LogP) is 3.43. The number of carbonyl (C=O) groups is 3. The van der Waals surface area contributed by atoms with Crippen LogP contribution in [0.5, 0.6) is 5.75 Å². The Bertz CT molecular complexity index is 1370. The number of aromatic nitrogens is 1. The van der Waals surface area contributed by atoms with Crippen molar-refractivity contribution >= 4 is 28.6 Å². The zero-order valence-electron chi connectivity index (χ0n) is 20.7. The normalized spacial score (nSPS) is 22.3. The molecule has 1 unspecified atom stereocenters. The highest BCUT2D eigenvalue weighted by Gasteiger charge is 2.39. The number of likely N-dealkylation sites (tertiary alicyclic amines) is 1. The Balaban J connectivity index is 1.11. The molecule has 2 saturated heterocycles. The van der Waals surface area contributed by atoms with Crippen LogP contribution in [0.15, 0.2) is 54.6 Å². The van der Waals surface area contributed by atoms with Crippen molar-refractivity contribution < 1.29 is 19.1 Å². The molecule has 0 radical (unpaired) electrons. The maximum Gasteiger partial charge on any atom is 0.255 e. The summed E-state index contributed by atoms with van der Waals surface area (Å²) in [4.78, 5) is 45.6. The number of fused-ring (bicyclic) bond motifs is 2. The number of ether oxygens (including phenoxy) is 1. The molecular formula is C29H30N4O4. The van der Waals surface area contributed by atoms with Crippen LogP contribution < -0.4 is 10.1 Å². The van der Waals surface area contributed by atoms with E-state index in [-0.39, 0.29) is 24.3 Å². The van der Waals surface area contributed by atoms with Gasteiger partial charge in [0.05, 0.1) is 11.2 Å². The standard InChI is InChI=1S/C29H30N4O4/c34-27-13-12-26(28(35)31-27)33-16-20-15-23(10-11-24(20)29(33)36)37-18-22-6-3-4-14-32(22)17-21-9-8-19-5-1-2-7-25(19)30-21/h1-2,5,7-11,15,22,26H,3-4,6,12-14,16-18H2,(H,31,34,35)/t22-,26?/m1/s1. The van der Waals surface area contributed by atoms with Crippen molar-refractivity contribution in [3.63, 3.8) is 0 Å². The molecule has 8 nitrogen and oxygen atoms in total. The van der Waals surface area contributed by atoms with Gasteiger partial charge in [-0.25, -0.2) is 0 Å². The summed E-state index contributed by atoms with van der Waals surface area (Å²) in [6.07, 6.45) is 4.02. The van der Waals surface area contributed by atoms with Crippen molar-refractivity contribution in [3.05, 3.63) is 71.4 Å². The van der Waals surface area contributed by atoms with Gasteiger partial charge in [0.15, 0.2) is 0 Å². The lowest BCUT2D eigenvalue weighted by Crippen LogP contribution is -2.52. The molecule has 0 saturated carbocycles. The van der Waals surface area contributed by atoms with Crippen molar-refractivity contribution in [2.45, 2.75) is 57.3 Å². The second-order valence-corrected chi connectivity index (χ2v) is 10.1. The second-order valence-electron chi connectivity index (χ2n) is 10.1. The first kappa shape index (κ1) is 23.6. The number of nitrogens with one attached hydrogen (secondary N) is 1. The highest BCUT2D eigenvalue weighted by Crippen LogP contribution is 2.30. The zero-order chi connectivity index (χ0) is 25.4. The van der Waals surface area contributed by atoms with Crippen LogP contribution in [0.1, 0.15) is 53.7 Å². The average Bonchev–Trinajstić information content (AvgIpc) is 3.23. The van der Waals surface area contributed by atoms with Crippen LogP contribution in [0.3, 0.4) is 0 Å². The Morgan fingerprint density at radius 1 is 1.00 bits per heavy atom. The largest absolute Gasteiger partial charge is 0.492 e. The lowest BCUT2D eigenvalue weighted by Gasteiger charge is -2.35. The first-order chi connectivity index (χ1) is 18.0. The predicted molar refractivity (Wildman–Crippen MR) is 138 cm³/mol. The topological polar surface area (TPSA) is 91.8 Å². The molecule has 2 atom stereocenters. The maximum absolute atomic E-state index is 12.9. The fourth-order valence-corrected chi connectivity index (χ4v) is 5.69. The molecule has 4 heterocycles. The van der Waals surface area contributed by atoms with Crippen LogP contribution in [-0.4, -0.2) is 57.7 Å². The minimum Gasteiger partial charge on any atom is -0.492 e. The lowest BCUT2D eigenvalue weighted by molar-refractivity contribution is -0.136. The molecule has 6 rings (SSSR count). The molecule has 2 aromatic carbocycles. The van der Waals surface area contributed by atoms with Crippen LogP contribution >= 0.6 is 0 Å². The van der Waals surface area contributed by atoms with Crippen LogP contribution in [0.25, 0.3) is 10.9 Å². The van der Waals surface area contributed by atoms with E-state index < -0.39 is 11.9 Å². The van der Waals surface area contributed by atoms with Gasteiger partial charge in [0.25, 0.3) is 5.91 Å². The fraction of sp³-hybridized carbons (Fsp3) is 0.379. The molecule has 1 aromatic heterocycles. The van der Waals surface area contributed by atoms with E-state index >= 15 is 0 Å². The van der Waals surface area contributed by atoms with E-state index in [1.54, 1.807) is 11.0 Å². The van der Waals surface area contributed by atoms with Gasteiger partial charge in [0.1, 0.15) is 18.4 Å². The number of nitrogens with zero attached hydrogens (tertiary/aromatic N) is 3. The molecule has 1 N–H and O–H groups in total. The Kier molecular flexibility index (Phi) is 6.34. The second kappa shape index (κ2) is 9.94. The molecule has 0 bridgehead atoms. The van der Waals surface area contributed by atoms with Crippen molar-refractivity contribution in [2.75, 3.05) is 13.2 Å². The third-order valence-electron chi connectivity index (χ3n) is 7.71. The highest BCUT2D eigenvalue weighted by atomic mass is 16.5. The van der Waals surface area contributed by atoms with Gasteiger partial charge in [-0.05, 0) is 61.7 Å². The van der Waals surface area contributed by atoms with Gasteiger partial charge in [-0.1, -0.05) is 30.7 Å². The zero-order valence-corrected chi connectivity index (χ0v) is 20.7. The van der Waals surface area contributed by atoms with Crippen LogP contribution in [0.2, 0.25) is 0 Å². The minimum absolute atomic E-state index is 0.169. The average molecular weight is 499 g/mol. The van der Waals surface area contributed by atoms with E-state index in [0.29, 0.717) is 25.1 Å². The third-order valence-corrected chi connectivity index (χ3v) is 7.71. The summed E-state index contributed by atoms with van der Waals surface area (Å²) in [6, 6.07) is 17.6. The number of para-hydroxylation sites is 1. The van der Waals surface area contributed by atoms with E-state index in [1.165, 1.54) is 12.8 Å². The van der Waals surface area contributed by atoms with Gasteiger partial charge in [0.2, 0.25) is 11.8 Å². The molecule has 0 aliphatic carbocycles. The molecule has 0 spiro atoms. The molecule has 3 aromatic rings. The molecule has 2 fully saturated rings. The van der Waals surface area contributed by atoms with Crippen molar-refractivity contribution in [3.8, 4) is 5.75 Å². The minimum atomic E-state index is -0.610. The summed E-state index contributed by atoms with van der Waals surface area (Å²) < 4.78 is 6.24. The summed E-state index contributed by atoms with van der Waals surface area (Å²) in [5, 5.41) is 3.50. The smallest absolute Gasteiger partial charge is 0.255 e. The molecule has 37 heavy (non-hydrogen) atoms. The first-order valence-electron chi connectivity index (χ1n) is 13.0. The highest BCUT2D eigenvalue weighted by molar-refractivity contribution is 6.05. The van der Waals surface area contributed by atoms with Gasteiger partial charge in [0, 0.05) is 36.5 Å². The molecule has 3 aliphatic rings. The van der Waals surface area contributed by atoms with Gasteiger partial charge < -0.3 is 9.64 Å². The summed E-state index contributed by atoms with van der Waals surface area (Å²) in [7, 11) is 0. The van der Waals surface area contributed by atoms with Gasteiger partial charge >= 0.3 is 0 Å². The Morgan fingerprint density at radius 2 is 1.89 bits per heavy atom. The van der Waals surface area contributed by atoms with Crippen molar-refractivity contribution in [2.24, 2.45) is 0 Å². The number of carbonyl (C=O) groups excluding carboxylic acids is 3. The monoisotopic (exact) mass is 498 g/mol. The number of amides is 3. The van der Waals surface area contributed by atoms with Gasteiger partial charge in [-0.2, -0.15) is 0 Å². The van der Waals surface area contributed by atoms with Crippen LogP contribution in [0, 0.1) is 0 Å². The lowest BCUT2D eigenvalue weighted by atomic mass is 10.0. The number of benzene rings is 2. The quantitative estimate of drug-likeness (QED) is 0.524. The Morgan fingerprint density at radius 3 is 2.78 bits per heavy atom. The van der Waals surface area contributed by atoms with E-state index in [4.69, 9.17) is 9.72 Å². The molecule has 3 aliphatic heterocycles. The molecule has 190 valence electrons. The number of hydrogen-bond donors (Lipinski definition) is 1.